The van der Waals surface area contributed by atoms with E-state index in [9.17, 15) is 14.4 Å². The second-order valence-corrected chi connectivity index (χ2v) is 7.05. The zero-order chi connectivity index (χ0) is 18.4. The van der Waals surface area contributed by atoms with Crippen molar-refractivity contribution in [2.24, 2.45) is 5.92 Å². The molecule has 1 aromatic carbocycles. The van der Waals surface area contributed by atoms with Gasteiger partial charge in [0.25, 0.3) is 0 Å². The van der Waals surface area contributed by atoms with Gasteiger partial charge in [-0.1, -0.05) is 12.1 Å². The molecule has 0 bridgehead atoms. The number of nitrogens with zero attached hydrogens (tertiary/aromatic N) is 3. The number of nitriles is 1. The summed E-state index contributed by atoms with van der Waals surface area (Å²) in [5.74, 6) is -0.0299. The summed E-state index contributed by atoms with van der Waals surface area (Å²) in [5, 5.41) is 9.61. The molecule has 2 heterocycles. The fourth-order valence-electron chi connectivity index (χ4n) is 3.59. The van der Waals surface area contributed by atoms with Gasteiger partial charge in [-0.2, -0.15) is 5.26 Å². The van der Waals surface area contributed by atoms with Crippen molar-refractivity contribution in [3.63, 3.8) is 0 Å². The Balaban J connectivity index is 1.88. The van der Waals surface area contributed by atoms with Crippen molar-refractivity contribution in [3.05, 3.63) is 46.4 Å². The Labute approximate surface area is 151 Å². The van der Waals surface area contributed by atoms with Crippen LogP contribution in [0.2, 0.25) is 0 Å². The molecule has 6 heteroatoms. The molecule has 1 saturated carbocycles. The number of aryl methyl sites for hydroxylation is 1. The molecule has 1 fully saturated rings. The zero-order valence-electron chi connectivity index (χ0n) is 14.6. The Morgan fingerprint density at radius 1 is 1.42 bits per heavy atom. The predicted octanol–water partition coefficient (Wildman–Crippen LogP) is 2.94. The Kier molecular flexibility index (Phi) is 3.87. The van der Waals surface area contributed by atoms with Gasteiger partial charge in [0.2, 0.25) is 5.91 Å². The third kappa shape index (κ3) is 2.70. The highest BCUT2D eigenvalue weighted by atomic mass is 19.1. The SMILES string of the molecule is Cc1ccc(-c2c(C#N)c(N)nc3c2CN(C(=O)C2CC2)CC3)c(F)c1. The summed E-state index contributed by atoms with van der Waals surface area (Å²) < 4.78 is 14.7. The zero-order valence-corrected chi connectivity index (χ0v) is 14.6. The predicted molar refractivity (Wildman–Crippen MR) is 95.3 cm³/mol. The second kappa shape index (κ2) is 6.10. The molecule has 1 aliphatic heterocycles. The number of fused-ring (bicyclic) bond motifs is 1. The van der Waals surface area contributed by atoms with Crippen LogP contribution < -0.4 is 5.73 Å². The number of rotatable bonds is 2. The van der Waals surface area contributed by atoms with Crippen molar-refractivity contribution in [1.82, 2.24) is 9.88 Å². The van der Waals surface area contributed by atoms with E-state index in [2.05, 4.69) is 11.1 Å². The molecule has 0 unspecified atom stereocenters. The van der Waals surface area contributed by atoms with Gasteiger partial charge in [0.1, 0.15) is 23.3 Å². The average Bonchev–Trinajstić information content (AvgIpc) is 3.45. The maximum absolute atomic E-state index is 14.7. The summed E-state index contributed by atoms with van der Waals surface area (Å²) in [4.78, 5) is 18.7. The number of carbonyl (C=O) groups is 1. The largest absolute Gasteiger partial charge is 0.383 e. The quantitative estimate of drug-likeness (QED) is 0.903. The fourth-order valence-corrected chi connectivity index (χ4v) is 3.59. The topological polar surface area (TPSA) is 83.0 Å². The molecule has 2 aromatic rings. The first-order chi connectivity index (χ1) is 12.5. The Hall–Kier alpha value is -2.94. The molecular weight excluding hydrogens is 331 g/mol. The third-order valence-electron chi connectivity index (χ3n) is 5.12. The standard InChI is InChI=1S/C20H19FN4O/c1-11-2-5-13(16(21)8-11)18-14(9-22)19(23)24-17-6-7-25(10-15(17)18)20(26)12-3-4-12/h2,5,8,12H,3-4,6-7,10H2,1H3,(H2,23,24). The minimum atomic E-state index is -0.403. The summed E-state index contributed by atoms with van der Waals surface area (Å²) in [6.45, 7) is 2.73. The molecule has 5 nitrogen and oxygen atoms in total. The first kappa shape index (κ1) is 16.5. The van der Waals surface area contributed by atoms with Crippen molar-refractivity contribution in [2.75, 3.05) is 12.3 Å². The van der Waals surface area contributed by atoms with Crippen molar-refractivity contribution < 1.29 is 9.18 Å². The highest BCUT2D eigenvalue weighted by molar-refractivity contribution is 5.83. The van der Waals surface area contributed by atoms with Gasteiger partial charge < -0.3 is 10.6 Å². The molecule has 1 aliphatic carbocycles. The average molecular weight is 350 g/mol. The van der Waals surface area contributed by atoms with E-state index in [1.807, 2.05) is 6.92 Å². The van der Waals surface area contributed by atoms with Crippen molar-refractivity contribution >= 4 is 11.7 Å². The van der Waals surface area contributed by atoms with E-state index in [-0.39, 0.29) is 23.2 Å². The van der Waals surface area contributed by atoms with Gasteiger partial charge in [0, 0.05) is 42.1 Å². The third-order valence-corrected chi connectivity index (χ3v) is 5.12. The van der Waals surface area contributed by atoms with Crippen molar-refractivity contribution in [2.45, 2.75) is 32.7 Å². The molecule has 4 rings (SSSR count). The Morgan fingerprint density at radius 2 is 2.19 bits per heavy atom. The number of nitrogen functional groups attached to an aromatic ring is 1. The van der Waals surface area contributed by atoms with Gasteiger partial charge in [-0.25, -0.2) is 9.37 Å². The summed E-state index contributed by atoms with van der Waals surface area (Å²) in [6, 6.07) is 6.99. The molecule has 1 aromatic heterocycles. The summed E-state index contributed by atoms with van der Waals surface area (Å²) in [5.41, 5.74) is 9.25. The summed E-state index contributed by atoms with van der Waals surface area (Å²) in [6.07, 6.45) is 2.43. The molecule has 0 radical (unpaired) electrons. The van der Waals surface area contributed by atoms with E-state index >= 15 is 0 Å². The van der Waals surface area contributed by atoms with Crippen LogP contribution in [0.4, 0.5) is 10.2 Å². The van der Waals surface area contributed by atoms with Gasteiger partial charge in [-0.05, 0) is 31.4 Å². The Morgan fingerprint density at radius 3 is 2.85 bits per heavy atom. The number of amides is 1. The normalized spacial score (nSPS) is 16.1. The lowest BCUT2D eigenvalue weighted by atomic mass is 9.90. The minimum absolute atomic E-state index is 0.114. The van der Waals surface area contributed by atoms with Crippen LogP contribution in [0.3, 0.4) is 0 Å². The highest BCUT2D eigenvalue weighted by Gasteiger charge is 2.36. The van der Waals surface area contributed by atoms with Crippen LogP contribution in [0.5, 0.6) is 0 Å². The van der Waals surface area contributed by atoms with Gasteiger partial charge in [0.15, 0.2) is 0 Å². The monoisotopic (exact) mass is 350 g/mol. The van der Waals surface area contributed by atoms with Crippen LogP contribution in [0.15, 0.2) is 18.2 Å². The van der Waals surface area contributed by atoms with Crippen LogP contribution in [0, 0.1) is 30.0 Å². The molecule has 2 aliphatic rings. The van der Waals surface area contributed by atoms with Gasteiger partial charge in [-0.15, -0.1) is 0 Å². The number of halogens is 1. The van der Waals surface area contributed by atoms with Crippen LogP contribution >= 0.6 is 0 Å². The van der Waals surface area contributed by atoms with E-state index in [0.717, 1.165) is 29.7 Å². The number of nitrogens with two attached hydrogens (primary N) is 1. The van der Waals surface area contributed by atoms with E-state index < -0.39 is 5.82 Å². The van der Waals surface area contributed by atoms with Crippen LogP contribution in [0.1, 0.15) is 35.2 Å². The van der Waals surface area contributed by atoms with Crippen LogP contribution in [0.25, 0.3) is 11.1 Å². The molecule has 0 spiro atoms. The van der Waals surface area contributed by atoms with E-state index in [0.29, 0.717) is 30.6 Å². The number of aromatic nitrogens is 1. The number of benzene rings is 1. The highest BCUT2D eigenvalue weighted by Crippen LogP contribution is 2.38. The molecule has 0 atom stereocenters. The summed E-state index contributed by atoms with van der Waals surface area (Å²) >= 11 is 0. The smallest absolute Gasteiger partial charge is 0.225 e. The maximum atomic E-state index is 14.7. The van der Waals surface area contributed by atoms with E-state index in [1.54, 1.807) is 17.0 Å². The number of hydrogen-bond donors (Lipinski definition) is 1. The molecule has 0 saturated heterocycles. The number of carbonyl (C=O) groups excluding carboxylic acids is 1. The molecule has 26 heavy (non-hydrogen) atoms. The Bertz CT molecular complexity index is 959. The summed E-state index contributed by atoms with van der Waals surface area (Å²) in [7, 11) is 0. The van der Waals surface area contributed by atoms with Gasteiger partial charge in [-0.3, -0.25) is 4.79 Å². The lowest BCUT2D eigenvalue weighted by Crippen LogP contribution is -2.37. The van der Waals surface area contributed by atoms with E-state index in [1.165, 1.54) is 6.07 Å². The van der Waals surface area contributed by atoms with Gasteiger partial charge in [0.05, 0.1) is 5.69 Å². The number of pyridine rings is 1. The lowest BCUT2D eigenvalue weighted by molar-refractivity contribution is -0.133. The van der Waals surface area contributed by atoms with Crippen LogP contribution in [-0.2, 0) is 17.8 Å². The van der Waals surface area contributed by atoms with Crippen molar-refractivity contribution in [3.8, 4) is 17.2 Å². The minimum Gasteiger partial charge on any atom is -0.383 e. The van der Waals surface area contributed by atoms with Gasteiger partial charge >= 0.3 is 0 Å². The number of hydrogen-bond acceptors (Lipinski definition) is 4. The second-order valence-electron chi connectivity index (χ2n) is 7.05. The molecule has 132 valence electrons. The lowest BCUT2D eigenvalue weighted by Gasteiger charge is -2.31. The fraction of sp³-hybridized carbons (Fsp3) is 0.350. The van der Waals surface area contributed by atoms with Crippen molar-refractivity contribution in [1.29, 1.82) is 5.26 Å². The maximum Gasteiger partial charge on any atom is 0.225 e. The molecular formula is C20H19FN4O. The van der Waals surface area contributed by atoms with Crippen LogP contribution in [-0.4, -0.2) is 22.3 Å². The molecule has 1 amide bonds. The first-order valence-electron chi connectivity index (χ1n) is 8.76. The first-order valence-corrected chi connectivity index (χ1v) is 8.76. The molecule has 2 N–H and O–H groups in total. The number of anilines is 1. The van der Waals surface area contributed by atoms with E-state index in [4.69, 9.17) is 5.73 Å².